The highest BCUT2D eigenvalue weighted by atomic mass is 16.6. The van der Waals surface area contributed by atoms with Crippen molar-refractivity contribution in [3.05, 3.63) is 23.3 Å². The molecule has 1 aromatic carbocycles. The molecule has 6 nitrogen and oxygen atoms in total. The molecule has 0 aromatic heterocycles. The van der Waals surface area contributed by atoms with Crippen LogP contribution in [0.25, 0.3) is 0 Å². The summed E-state index contributed by atoms with van der Waals surface area (Å²) >= 11 is 0. The highest BCUT2D eigenvalue weighted by Crippen LogP contribution is 2.78. The van der Waals surface area contributed by atoms with E-state index < -0.39 is 11.2 Å². The zero-order chi connectivity index (χ0) is 25.9. The summed E-state index contributed by atoms with van der Waals surface area (Å²) in [5, 5.41) is 23.2. The van der Waals surface area contributed by atoms with Crippen molar-refractivity contribution in [2.45, 2.75) is 108 Å². The number of rotatable bonds is 6. The third-order valence-corrected chi connectivity index (χ3v) is 11.6. The van der Waals surface area contributed by atoms with Crippen LogP contribution in [-0.2, 0) is 21.4 Å². The number of Topliss-reactive ketones (excluding diaryl/α,β-unsaturated/α-hetero) is 1. The third kappa shape index (κ3) is 2.71. The molecule has 2 spiro atoms. The first kappa shape index (κ1) is 24.7. The van der Waals surface area contributed by atoms with E-state index in [0.29, 0.717) is 18.2 Å². The minimum atomic E-state index is -0.966. The highest BCUT2D eigenvalue weighted by molar-refractivity contribution is 5.75. The van der Waals surface area contributed by atoms with E-state index in [1.165, 1.54) is 11.1 Å². The van der Waals surface area contributed by atoms with Crippen LogP contribution < -0.4 is 4.74 Å². The first-order valence-corrected chi connectivity index (χ1v) is 13.9. The van der Waals surface area contributed by atoms with E-state index in [-0.39, 0.29) is 39.8 Å². The van der Waals surface area contributed by atoms with Gasteiger partial charge < -0.3 is 24.5 Å². The summed E-state index contributed by atoms with van der Waals surface area (Å²) in [6.45, 7) is 11.9. The Morgan fingerprint density at radius 2 is 1.97 bits per heavy atom. The molecule has 0 radical (unpaired) electrons. The Balaban J connectivity index is 1.54. The predicted molar refractivity (Wildman–Crippen MR) is 137 cm³/mol. The van der Waals surface area contributed by atoms with E-state index in [4.69, 9.17) is 9.47 Å². The summed E-state index contributed by atoms with van der Waals surface area (Å²) in [6.07, 6.45) is 5.89. The van der Waals surface area contributed by atoms with Gasteiger partial charge in [0.1, 0.15) is 17.5 Å². The largest absolute Gasteiger partial charge is 0.504 e. The van der Waals surface area contributed by atoms with Crippen molar-refractivity contribution >= 4 is 5.78 Å². The van der Waals surface area contributed by atoms with Crippen molar-refractivity contribution in [1.29, 1.82) is 0 Å². The molecule has 7 rings (SSSR count). The number of hydrogen-bond acceptors (Lipinski definition) is 6. The first-order chi connectivity index (χ1) is 16.9. The zero-order valence-electron chi connectivity index (χ0n) is 22.8. The Morgan fingerprint density at radius 3 is 2.64 bits per heavy atom. The maximum Gasteiger partial charge on any atom is 0.165 e. The Morgan fingerprint density at radius 1 is 1.22 bits per heavy atom. The predicted octanol–water partition coefficient (Wildman–Crippen LogP) is 4.37. The Bertz CT molecular complexity index is 1110. The smallest absolute Gasteiger partial charge is 0.165 e. The van der Waals surface area contributed by atoms with E-state index in [1.54, 1.807) is 20.1 Å². The van der Waals surface area contributed by atoms with Crippen LogP contribution >= 0.6 is 0 Å². The van der Waals surface area contributed by atoms with E-state index in [0.717, 1.165) is 51.6 Å². The molecular formula is C30H43NO5. The van der Waals surface area contributed by atoms with Crippen LogP contribution in [0.1, 0.15) is 84.3 Å². The average Bonchev–Trinajstić information content (AvgIpc) is 3.18. The fourth-order valence-electron chi connectivity index (χ4n) is 9.53. The van der Waals surface area contributed by atoms with Crippen molar-refractivity contribution in [2.75, 3.05) is 20.2 Å². The molecule has 3 saturated carbocycles. The van der Waals surface area contributed by atoms with Crippen molar-refractivity contribution in [3.8, 4) is 11.5 Å². The molecule has 2 N–H and O–H groups in total. The summed E-state index contributed by atoms with van der Waals surface area (Å²) in [5.41, 5.74) is 0.283. The Labute approximate surface area is 215 Å². The molecular weight excluding hydrogens is 454 g/mol. The second-order valence-electron chi connectivity index (χ2n) is 13.7. The lowest BCUT2D eigenvalue weighted by molar-refractivity contribution is -0.312. The number of likely N-dealkylation sites (tertiary alicyclic amines) is 1. The van der Waals surface area contributed by atoms with Crippen molar-refractivity contribution in [2.24, 2.45) is 16.7 Å². The Kier molecular flexibility index (Phi) is 5.13. The van der Waals surface area contributed by atoms with E-state index in [2.05, 4.69) is 31.7 Å². The highest BCUT2D eigenvalue weighted by Gasteiger charge is 2.82. The van der Waals surface area contributed by atoms with Crippen molar-refractivity contribution < 1.29 is 24.5 Å². The second-order valence-corrected chi connectivity index (χ2v) is 13.7. The van der Waals surface area contributed by atoms with Crippen LogP contribution in [0.2, 0.25) is 0 Å². The van der Waals surface area contributed by atoms with Crippen molar-refractivity contribution in [3.63, 3.8) is 0 Å². The zero-order valence-corrected chi connectivity index (χ0v) is 22.8. The van der Waals surface area contributed by atoms with Crippen molar-refractivity contribution in [1.82, 2.24) is 4.90 Å². The molecule has 2 aliphatic heterocycles. The van der Waals surface area contributed by atoms with Crippen LogP contribution in [0.4, 0.5) is 0 Å². The number of phenolic OH excluding ortho intramolecular Hbond substituents is 1. The normalized spacial score (nSPS) is 39.9. The standard InChI is InChI=1S/C30H43NO5/c1-18(32)8-7-14-31-15-13-29-23-19-9-10-20(33)24(23)36-25(29)30(35-6)12-11-28(29,22(31)16-19)17-21(30)27(5,34)26(2,3)4/h9-10,21-22,25,33-34H,7-8,11-17H2,1-6H3/t21-,22-,25-,27+,28-,29+,30-/m1/s1. The number of ketones is 1. The average molecular weight is 498 g/mol. The molecule has 4 fully saturated rings. The van der Waals surface area contributed by atoms with Crippen LogP contribution in [0, 0.1) is 16.7 Å². The number of hydrogen-bond donors (Lipinski definition) is 2. The molecule has 0 amide bonds. The number of phenols is 1. The van der Waals surface area contributed by atoms with E-state index >= 15 is 0 Å². The third-order valence-electron chi connectivity index (χ3n) is 11.6. The summed E-state index contributed by atoms with van der Waals surface area (Å²) in [4.78, 5) is 14.4. The van der Waals surface area contributed by atoms with Gasteiger partial charge in [-0.2, -0.15) is 0 Å². The number of benzene rings is 1. The fourth-order valence-corrected chi connectivity index (χ4v) is 9.53. The molecule has 7 atom stereocenters. The number of nitrogens with zero attached hydrogens (tertiary/aromatic N) is 1. The molecule has 36 heavy (non-hydrogen) atoms. The van der Waals surface area contributed by atoms with Gasteiger partial charge >= 0.3 is 0 Å². The Hall–Kier alpha value is -1.63. The molecule has 198 valence electrons. The quantitative estimate of drug-likeness (QED) is 0.608. The molecule has 4 bridgehead atoms. The number of piperidine rings is 1. The topological polar surface area (TPSA) is 79.2 Å². The van der Waals surface area contributed by atoms with Gasteiger partial charge in [-0.3, -0.25) is 4.90 Å². The fraction of sp³-hybridized carbons (Fsp3) is 0.767. The summed E-state index contributed by atoms with van der Waals surface area (Å²) in [7, 11) is 1.80. The maximum atomic E-state index is 12.2. The van der Waals surface area contributed by atoms with E-state index in [1.807, 2.05) is 6.92 Å². The molecule has 4 aliphatic carbocycles. The van der Waals surface area contributed by atoms with Crippen LogP contribution in [0.5, 0.6) is 11.5 Å². The lowest BCUT2D eigenvalue weighted by atomic mass is 9.33. The van der Waals surface area contributed by atoms with Gasteiger partial charge in [0.05, 0.1) is 5.60 Å². The van der Waals surface area contributed by atoms with Gasteiger partial charge in [0.25, 0.3) is 0 Å². The van der Waals surface area contributed by atoms with Gasteiger partial charge in [0.2, 0.25) is 0 Å². The number of aromatic hydroxyl groups is 1. The number of ether oxygens (including phenoxy) is 2. The number of carbonyl (C=O) groups excluding carboxylic acids is 1. The van der Waals surface area contributed by atoms with Gasteiger partial charge in [0.15, 0.2) is 11.5 Å². The van der Waals surface area contributed by atoms with Gasteiger partial charge in [-0.25, -0.2) is 0 Å². The van der Waals surface area contributed by atoms with Crippen LogP contribution in [0.3, 0.4) is 0 Å². The number of fused-ring (bicyclic) bond motifs is 2. The minimum Gasteiger partial charge on any atom is -0.504 e. The molecule has 6 heteroatoms. The number of aliphatic hydroxyl groups is 1. The maximum absolute atomic E-state index is 12.2. The van der Waals surface area contributed by atoms with Gasteiger partial charge in [-0.15, -0.1) is 0 Å². The monoisotopic (exact) mass is 497 g/mol. The van der Waals surface area contributed by atoms with Crippen LogP contribution in [-0.4, -0.2) is 64.4 Å². The molecule has 1 aromatic rings. The lowest BCUT2D eigenvalue weighted by Gasteiger charge is -2.75. The molecule has 1 saturated heterocycles. The molecule has 6 aliphatic rings. The molecule has 2 heterocycles. The van der Waals surface area contributed by atoms with Gasteiger partial charge in [-0.05, 0) is 82.5 Å². The number of carbonyl (C=O) groups is 1. The number of methoxy groups -OCH3 is 1. The summed E-state index contributed by atoms with van der Waals surface area (Å²) < 4.78 is 13.4. The van der Waals surface area contributed by atoms with Gasteiger partial charge in [0, 0.05) is 41.9 Å². The summed E-state index contributed by atoms with van der Waals surface area (Å²) in [5.74, 6) is 1.03. The SMILES string of the molecule is CO[C@]12CC[C@@]3(C[C@@H]1[C@](C)(O)C(C)(C)C)[C@H]1Cc4ccc(O)c5c4[C@@]3(CCN1CCCC(C)=O)[C@H]2O5. The molecule has 0 unspecified atom stereocenters. The first-order valence-electron chi connectivity index (χ1n) is 13.9. The lowest BCUT2D eigenvalue weighted by Crippen LogP contribution is -2.83. The van der Waals surface area contributed by atoms with Gasteiger partial charge in [-0.1, -0.05) is 26.8 Å². The summed E-state index contributed by atoms with van der Waals surface area (Å²) in [6, 6.07) is 4.21. The second kappa shape index (κ2) is 7.48. The van der Waals surface area contributed by atoms with E-state index in [9.17, 15) is 15.0 Å². The minimum absolute atomic E-state index is 0.0711. The van der Waals surface area contributed by atoms with Crippen LogP contribution in [0.15, 0.2) is 12.1 Å².